The molecule has 1 saturated carbocycles. The highest BCUT2D eigenvalue weighted by Gasteiger charge is 2.29. The van der Waals surface area contributed by atoms with E-state index in [1.165, 1.54) is 25.9 Å². The number of nitrogens with one attached hydrogen (secondary N) is 2. The Hall–Kier alpha value is -3.45. The number of pyridine rings is 2. The molecule has 34 heavy (non-hydrogen) atoms. The number of ether oxygens (including phenoxy) is 1. The second-order valence-corrected chi connectivity index (χ2v) is 8.99. The molecule has 2 fully saturated rings. The molecule has 1 aliphatic carbocycles. The molecular formula is C27H31N5O2. The lowest BCUT2D eigenvalue weighted by Crippen LogP contribution is -2.25. The minimum Gasteiger partial charge on any atom is -0.492 e. The van der Waals surface area contributed by atoms with Crippen LogP contribution in [0.15, 0.2) is 42.7 Å². The quantitative estimate of drug-likeness (QED) is 0.486. The first kappa shape index (κ1) is 22.3. The molecule has 0 atom stereocenters. The smallest absolute Gasteiger partial charge is 0.228 e. The first-order valence-electron chi connectivity index (χ1n) is 12.1. The summed E-state index contributed by atoms with van der Waals surface area (Å²) in [4.78, 5) is 23.6. The molecule has 1 aromatic carbocycles. The van der Waals surface area contributed by atoms with Gasteiger partial charge in [-0.15, -0.1) is 0 Å². The lowest BCUT2D eigenvalue weighted by Gasteiger charge is -2.14. The van der Waals surface area contributed by atoms with E-state index in [1.807, 2.05) is 37.5 Å². The molecule has 2 aliphatic rings. The molecule has 1 aliphatic heterocycles. The molecule has 0 unspecified atom stereocenters. The molecule has 7 nitrogen and oxygen atoms in total. The first-order chi connectivity index (χ1) is 16.7. The van der Waals surface area contributed by atoms with Crippen molar-refractivity contribution in [3.63, 3.8) is 0 Å². The zero-order valence-corrected chi connectivity index (χ0v) is 19.6. The van der Waals surface area contributed by atoms with Crippen LogP contribution in [0.1, 0.15) is 36.8 Å². The minimum atomic E-state index is 0.0505. The number of hydrogen-bond donors (Lipinski definition) is 2. The van der Waals surface area contributed by atoms with E-state index in [0.717, 1.165) is 59.5 Å². The van der Waals surface area contributed by atoms with Crippen LogP contribution in [0, 0.1) is 5.92 Å². The number of carbonyl (C=O) groups excluding carboxylic acids is 1. The van der Waals surface area contributed by atoms with Crippen molar-refractivity contribution in [3.05, 3.63) is 53.9 Å². The van der Waals surface area contributed by atoms with E-state index in [1.54, 1.807) is 6.20 Å². The average Bonchev–Trinajstić information content (AvgIpc) is 3.60. The summed E-state index contributed by atoms with van der Waals surface area (Å²) in [6, 6.07) is 10.1. The van der Waals surface area contributed by atoms with Gasteiger partial charge in [-0.3, -0.25) is 9.69 Å². The summed E-state index contributed by atoms with van der Waals surface area (Å²) in [5.74, 6) is 2.41. The molecule has 3 heterocycles. The zero-order chi connectivity index (χ0) is 23.3. The summed E-state index contributed by atoms with van der Waals surface area (Å²) in [5.41, 5.74) is 2.04. The van der Waals surface area contributed by atoms with E-state index in [-0.39, 0.29) is 11.8 Å². The Morgan fingerprint density at radius 1 is 1.09 bits per heavy atom. The van der Waals surface area contributed by atoms with Gasteiger partial charge < -0.3 is 15.4 Å². The van der Waals surface area contributed by atoms with Crippen LogP contribution in [-0.4, -0.2) is 54.1 Å². The maximum atomic E-state index is 12.2. The molecule has 0 radical (unpaired) electrons. The van der Waals surface area contributed by atoms with Crippen LogP contribution in [0.25, 0.3) is 22.9 Å². The zero-order valence-electron chi connectivity index (χ0n) is 19.6. The normalized spacial score (nSPS) is 16.3. The number of fused-ring (bicyclic) bond motifs is 1. The third-order valence-electron chi connectivity index (χ3n) is 6.45. The van der Waals surface area contributed by atoms with E-state index in [2.05, 4.69) is 43.7 Å². The molecule has 176 valence electrons. The molecule has 5 rings (SSSR count). The molecule has 2 aromatic heterocycles. The van der Waals surface area contributed by atoms with Gasteiger partial charge in [0, 0.05) is 42.9 Å². The Balaban J connectivity index is 1.29. The van der Waals surface area contributed by atoms with Gasteiger partial charge in [0.05, 0.1) is 0 Å². The first-order valence-corrected chi connectivity index (χ1v) is 12.1. The average molecular weight is 458 g/mol. The van der Waals surface area contributed by atoms with Crippen molar-refractivity contribution >= 4 is 40.5 Å². The van der Waals surface area contributed by atoms with Crippen molar-refractivity contribution in [2.75, 3.05) is 43.9 Å². The molecular weight excluding hydrogens is 426 g/mol. The summed E-state index contributed by atoms with van der Waals surface area (Å²) in [7, 11) is 1.84. The predicted octanol–water partition coefficient (Wildman–Crippen LogP) is 4.67. The lowest BCUT2D eigenvalue weighted by atomic mass is 10.1. The van der Waals surface area contributed by atoms with E-state index in [0.29, 0.717) is 5.82 Å². The van der Waals surface area contributed by atoms with Gasteiger partial charge in [0.15, 0.2) is 0 Å². The Morgan fingerprint density at radius 2 is 1.88 bits per heavy atom. The van der Waals surface area contributed by atoms with Gasteiger partial charge in [-0.25, -0.2) is 9.97 Å². The van der Waals surface area contributed by atoms with Crippen molar-refractivity contribution in [2.24, 2.45) is 5.92 Å². The standard InChI is InChI=1S/C27H31N5O2/c1-28-26-24-18-29-25(31-27(33)20-8-9-20)16-23(24)21(17-30-26)7-4-19-5-10-22(11-6-19)34-15-14-32-12-2-3-13-32/h4-7,10-11,16-18,20H,2-3,8-9,12-15H2,1H3,(H,28,30)(H,29,31,33)/b7-4+. The van der Waals surface area contributed by atoms with Crippen LogP contribution in [-0.2, 0) is 4.79 Å². The fourth-order valence-electron chi connectivity index (χ4n) is 4.29. The van der Waals surface area contributed by atoms with Gasteiger partial charge in [-0.2, -0.15) is 0 Å². The molecule has 3 aromatic rings. The van der Waals surface area contributed by atoms with E-state index < -0.39 is 0 Å². The molecule has 2 N–H and O–H groups in total. The van der Waals surface area contributed by atoms with Crippen molar-refractivity contribution in [3.8, 4) is 5.75 Å². The third kappa shape index (κ3) is 5.37. The van der Waals surface area contributed by atoms with E-state index in [9.17, 15) is 4.79 Å². The second-order valence-electron chi connectivity index (χ2n) is 8.99. The lowest BCUT2D eigenvalue weighted by molar-refractivity contribution is -0.117. The number of likely N-dealkylation sites (tertiary alicyclic amines) is 1. The molecule has 0 spiro atoms. The summed E-state index contributed by atoms with van der Waals surface area (Å²) in [6.07, 6.45) is 12.2. The Bertz CT molecular complexity index is 1180. The minimum absolute atomic E-state index is 0.0505. The van der Waals surface area contributed by atoms with Crippen LogP contribution in [0.2, 0.25) is 0 Å². The van der Waals surface area contributed by atoms with Crippen molar-refractivity contribution < 1.29 is 9.53 Å². The van der Waals surface area contributed by atoms with Crippen LogP contribution in [0.4, 0.5) is 11.6 Å². The van der Waals surface area contributed by atoms with Crippen LogP contribution >= 0.6 is 0 Å². The molecule has 1 amide bonds. The van der Waals surface area contributed by atoms with Crippen molar-refractivity contribution in [1.82, 2.24) is 14.9 Å². The topological polar surface area (TPSA) is 79.4 Å². The van der Waals surface area contributed by atoms with Gasteiger partial charge in [-0.1, -0.05) is 24.3 Å². The van der Waals surface area contributed by atoms with Crippen molar-refractivity contribution in [1.29, 1.82) is 0 Å². The largest absolute Gasteiger partial charge is 0.492 e. The number of anilines is 2. The number of aromatic nitrogens is 2. The fourth-order valence-corrected chi connectivity index (χ4v) is 4.29. The number of hydrogen-bond acceptors (Lipinski definition) is 6. The Labute approximate surface area is 200 Å². The fraction of sp³-hybridized carbons (Fsp3) is 0.370. The maximum Gasteiger partial charge on any atom is 0.228 e. The Kier molecular flexibility index (Phi) is 6.72. The summed E-state index contributed by atoms with van der Waals surface area (Å²) in [6.45, 7) is 4.09. The number of benzene rings is 1. The van der Waals surface area contributed by atoms with E-state index in [4.69, 9.17) is 4.74 Å². The van der Waals surface area contributed by atoms with Crippen LogP contribution in [0.5, 0.6) is 5.75 Å². The SMILES string of the molecule is CNc1ncc(/C=C/c2ccc(OCCN3CCCC3)cc2)c2cc(NC(=O)C3CC3)ncc12. The molecule has 0 bridgehead atoms. The number of nitrogens with zero attached hydrogens (tertiary/aromatic N) is 3. The predicted molar refractivity (Wildman–Crippen MR) is 137 cm³/mol. The number of rotatable bonds is 9. The third-order valence-corrected chi connectivity index (χ3v) is 6.45. The van der Waals surface area contributed by atoms with Crippen molar-refractivity contribution in [2.45, 2.75) is 25.7 Å². The van der Waals surface area contributed by atoms with Crippen LogP contribution in [0.3, 0.4) is 0 Å². The van der Waals surface area contributed by atoms with Gasteiger partial charge >= 0.3 is 0 Å². The number of carbonyl (C=O) groups is 1. The highest BCUT2D eigenvalue weighted by molar-refractivity contribution is 6.01. The molecule has 7 heteroatoms. The van der Waals surface area contributed by atoms with Gasteiger partial charge in [-0.05, 0) is 67.9 Å². The molecule has 1 saturated heterocycles. The second kappa shape index (κ2) is 10.2. The highest BCUT2D eigenvalue weighted by Crippen LogP contribution is 2.31. The van der Waals surface area contributed by atoms with Gasteiger partial charge in [0.25, 0.3) is 0 Å². The summed E-state index contributed by atoms with van der Waals surface area (Å²) in [5, 5.41) is 7.96. The number of amides is 1. The van der Waals surface area contributed by atoms with Gasteiger partial charge in [0.2, 0.25) is 5.91 Å². The Morgan fingerprint density at radius 3 is 2.62 bits per heavy atom. The monoisotopic (exact) mass is 457 g/mol. The summed E-state index contributed by atoms with van der Waals surface area (Å²) < 4.78 is 5.91. The maximum absolute atomic E-state index is 12.2. The highest BCUT2D eigenvalue weighted by atomic mass is 16.5. The van der Waals surface area contributed by atoms with Crippen LogP contribution < -0.4 is 15.4 Å². The summed E-state index contributed by atoms with van der Waals surface area (Å²) >= 11 is 0. The van der Waals surface area contributed by atoms with E-state index >= 15 is 0 Å². The van der Waals surface area contributed by atoms with Gasteiger partial charge in [0.1, 0.15) is 24.0 Å².